The van der Waals surface area contributed by atoms with Crippen LogP contribution in [0.1, 0.15) is 34.8 Å². The molecule has 0 atom stereocenters. The van der Waals surface area contributed by atoms with Crippen molar-refractivity contribution in [2.75, 3.05) is 6.79 Å². The van der Waals surface area contributed by atoms with Gasteiger partial charge in [-0.25, -0.2) is 4.79 Å². The predicted molar refractivity (Wildman–Crippen MR) is 89.5 cm³/mol. The molecule has 1 heterocycles. The zero-order valence-electron chi connectivity index (χ0n) is 12.9. The van der Waals surface area contributed by atoms with Crippen molar-refractivity contribution in [3.8, 4) is 11.5 Å². The second-order valence-corrected chi connectivity index (χ2v) is 6.33. The number of fused-ring (bicyclic) bond motifs is 1. The highest BCUT2D eigenvalue weighted by molar-refractivity contribution is 7.98. The zero-order valence-corrected chi connectivity index (χ0v) is 13.7. The lowest BCUT2D eigenvalue weighted by molar-refractivity contribution is 0.0693. The van der Waals surface area contributed by atoms with Crippen LogP contribution in [0.2, 0.25) is 0 Å². The summed E-state index contributed by atoms with van der Waals surface area (Å²) in [5, 5.41) is 9.28. The van der Waals surface area contributed by atoms with Gasteiger partial charge in [0.05, 0.1) is 5.56 Å². The van der Waals surface area contributed by atoms with Crippen LogP contribution >= 0.6 is 11.8 Å². The molecule has 1 aliphatic heterocycles. The quantitative estimate of drug-likeness (QED) is 0.798. The fraction of sp³-hybridized carbons (Fsp3) is 0.278. The Hall–Kier alpha value is -2.14. The van der Waals surface area contributed by atoms with Crippen molar-refractivity contribution in [2.45, 2.75) is 30.4 Å². The summed E-state index contributed by atoms with van der Waals surface area (Å²) in [6.07, 6.45) is 2.01. The monoisotopic (exact) mass is 330 g/mol. The van der Waals surface area contributed by atoms with Crippen molar-refractivity contribution >= 4 is 17.7 Å². The van der Waals surface area contributed by atoms with Crippen LogP contribution in [0.3, 0.4) is 0 Å². The molecule has 23 heavy (non-hydrogen) atoms. The predicted octanol–water partition coefficient (Wildman–Crippen LogP) is 4.36. The third kappa shape index (κ3) is 3.45. The summed E-state index contributed by atoms with van der Waals surface area (Å²) in [4.78, 5) is 12.1. The maximum atomic E-state index is 11.3. The molecule has 0 radical (unpaired) electrons. The maximum Gasteiger partial charge on any atom is 0.336 e. The van der Waals surface area contributed by atoms with Gasteiger partial charge in [-0.05, 0) is 41.8 Å². The average Bonchev–Trinajstić information content (AvgIpc) is 3.00. The second-order valence-electron chi connectivity index (χ2n) is 5.31. The van der Waals surface area contributed by atoms with Crippen LogP contribution in [0, 0.1) is 0 Å². The molecule has 120 valence electrons. The van der Waals surface area contributed by atoms with E-state index in [4.69, 9.17) is 9.47 Å². The Morgan fingerprint density at radius 3 is 2.57 bits per heavy atom. The van der Waals surface area contributed by atoms with E-state index in [0.29, 0.717) is 11.3 Å². The van der Waals surface area contributed by atoms with Gasteiger partial charge in [-0.1, -0.05) is 25.5 Å². The molecule has 0 unspecified atom stereocenters. The normalized spacial score (nSPS) is 12.4. The number of aryl methyl sites for hydroxylation is 1. The molecule has 0 amide bonds. The highest BCUT2D eigenvalue weighted by Crippen LogP contribution is 2.37. The van der Waals surface area contributed by atoms with Crippen molar-refractivity contribution < 1.29 is 19.4 Å². The van der Waals surface area contributed by atoms with Gasteiger partial charge in [0.1, 0.15) is 0 Å². The smallest absolute Gasteiger partial charge is 0.336 e. The fourth-order valence-electron chi connectivity index (χ4n) is 2.59. The van der Waals surface area contributed by atoms with Crippen LogP contribution in [0.25, 0.3) is 0 Å². The van der Waals surface area contributed by atoms with E-state index in [2.05, 4.69) is 6.92 Å². The van der Waals surface area contributed by atoms with Gasteiger partial charge in [0, 0.05) is 10.6 Å². The molecule has 1 N–H and O–H groups in total. The van der Waals surface area contributed by atoms with Crippen molar-refractivity contribution in [2.24, 2.45) is 0 Å². The van der Waals surface area contributed by atoms with E-state index in [0.717, 1.165) is 29.2 Å². The number of aromatic carboxylic acids is 1. The average molecular weight is 330 g/mol. The van der Waals surface area contributed by atoms with Crippen LogP contribution in [0.5, 0.6) is 11.5 Å². The lowest BCUT2D eigenvalue weighted by Gasteiger charge is -2.11. The maximum absolute atomic E-state index is 11.3. The van der Waals surface area contributed by atoms with Crippen LogP contribution in [-0.4, -0.2) is 17.9 Å². The van der Waals surface area contributed by atoms with Crippen LogP contribution in [0.15, 0.2) is 41.3 Å². The lowest BCUT2D eigenvalue weighted by atomic mass is 10.0. The van der Waals surface area contributed by atoms with Crippen LogP contribution in [0.4, 0.5) is 0 Å². The zero-order chi connectivity index (χ0) is 16.2. The first kappa shape index (κ1) is 15.7. The number of carbonyl (C=O) groups is 1. The fourth-order valence-corrected chi connectivity index (χ4v) is 3.65. The van der Waals surface area contributed by atoms with Gasteiger partial charge in [-0.15, -0.1) is 11.8 Å². The van der Waals surface area contributed by atoms with Crippen molar-refractivity contribution in [1.29, 1.82) is 0 Å². The number of thioether (sulfide) groups is 1. The minimum absolute atomic E-state index is 0.263. The molecule has 0 fully saturated rings. The third-order valence-electron chi connectivity index (χ3n) is 3.71. The SMILES string of the molecule is CCCc1cc2c(cc1CSc1ccccc1C(=O)O)OCO2. The summed E-state index contributed by atoms with van der Waals surface area (Å²) in [6.45, 7) is 2.40. The van der Waals surface area contributed by atoms with Gasteiger partial charge < -0.3 is 14.6 Å². The number of benzene rings is 2. The highest BCUT2D eigenvalue weighted by atomic mass is 32.2. The molecule has 1 aliphatic rings. The van der Waals surface area contributed by atoms with E-state index in [1.807, 2.05) is 24.3 Å². The first-order valence-electron chi connectivity index (χ1n) is 7.55. The van der Waals surface area contributed by atoms with E-state index in [1.165, 1.54) is 22.9 Å². The number of hydrogen-bond acceptors (Lipinski definition) is 4. The standard InChI is InChI=1S/C18H18O4S/c1-2-5-12-8-15-16(22-11-21-15)9-13(12)10-23-17-7-4-3-6-14(17)18(19)20/h3-4,6-9H,2,5,10-11H2,1H3,(H,19,20). The number of ether oxygens (including phenoxy) is 2. The van der Waals surface area contributed by atoms with E-state index in [9.17, 15) is 9.90 Å². The minimum atomic E-state index is -0.896. The summed E-state index contributed by atoms with van der Waals surface area (Å²) < 4.78 is 10.9. The van der Waals surface area contributed by atoms with Crippen LogP contribution in [-0.2, 0) is 12.2 Å². The molecule has 0 aromatic heterocycles. The number of carboxylic acids is 1. The molecule has 0 saturated heterocycles. The largest absolute Gasteiger partial charge is 0.478 e. The van der Waals surface area contributed by atoms with Crippen LogP contribution < -0.4 is 9.47 Å². The number of hydrogen-bond donors (Lipinski definition) is 1. The van der Waals surface area contributed by atoms with Gasteiger partial charge in [0.15, 0.2) is 11.5 Å². The van der Waals surface area contributed by atoms with E-state index in [1.54, 1.807) is 12.1 Å². The van der Waals surface area contributed by atoms with Gasteiger partial charge in [-0.3, -0.25) is 0 Å². The molecule has 5 heteroatoms. The molecule has 4 nitrogen and oxygen atoms in total. The lowest BCUT2D eigenvalue weighted by Crippen LogP contribution is -1.99. The Morgan fingerprint density at radius 2 is 1.87 bits per heavy atom. The van der Waals surface area contributed by atoms with Crippen molar-refractivity contribution in [1.82, 2.24) is 0 Å². The molecule has 0 aliphatic carbocycles. The first-order chi connectivity index (χ1) is 11.2. The molecule has 0 spiro atoms. The highest BCUT2D eigenvalue weighted by Gasteiger charge is 2.17. The summed E-state index contributed by atoms with van der Waals surface area (Å²) in [5.41, 5.74) is 2.74. The Balaban J connectivity index is 1.84. The van der Waals surface area contributed by atoms with E-state index >= 15 is 0 Å². The summed E-state index contributed by atoms with van der Waals surface area (Å²) in [5.74, 6) is 1.38. The first-order valence-corrected chi connectivity index (χ1v) is 8.54. The second kappa shape index (κ2) is 6.96. The Labute approximate surface area is 139 Å². The molecule has 2 aromatic rings. The number of rotatable bonds is 6. The van der Waals surface area contributed by atoms with Crippen molar-refractivity contribution in [3.05, 3.63) is 53.1 Å². The molecular formula is C18H18O4S. The Bertz CT molecular complexity index is 727. The molecule has 0 bridgehead atoms. The molecule has 0 saturated carbocycles. The number of carboxylic acid groups (broad SMARTS) is 1. The molecular weight excluding hydrogens is 312 g/mol. The van der Waals surface area contributed by atoms with Gasteiger partial charge in [0.25, 0.3) is 0 Å². The Kier molecular flexibility index (Phi) is 4.76. The minimum Gasteiger partial charge on any atom is -0.478 e. The topological polar surface area (TPSA) is 55.8 Å². The summed E-state index contributed by atoms with van der Waals surface area (Å²) >= 11 is 1.54. The molecule has 2 aromatic carbocycles. The van der Waals surface area contributed by atoms with Gasteiger partial charge in [-0.2, -0.15) is 0 Å². The summed E-state index contributed by atoms with van der Waals surface area (Å²) in [7, 11) is 0. The van der Waals surface area contributed by atoms with Crippen molar-refractivity contribution in [3.63, 3.8) is 0 Å². The third-order valence-corrected chi connectivity index (χ3v) is 4.84. The Morgan fingerprint density at radius 1 is 1.17 bits per heavy atom. The van der Waals surface area contributed by atoms with E-state index in [-0.39, 0.29) is 6.79 Å². The van der Waals surface area contributed by atoms with Gasteiger partial charge >= 0.3 is 5.97 Å². The molecule has 3 rings (SSSR count). The van der Waals surface area contributed by atoms with Gasteiger partial charge in [0.2, 0.25) is 6.79 Å². The van der Waals surface area contributed by atoms with E-state index < -0.39 is 5.97 Å². The summed E-state index contributed by atoms with van der Waals surface area (Å²) in [6, 6.07) is 11.2.